The molecule has 3 aromatic rings. The molecule has 174 valence electrons. The van der Waals surface area contributed by atoms with Crippen LogP contribution >= 0.6 is 11.8 Å². The number of hydrogen-bond acceptors (Lipinski definition) is 8. The number of nitrogens with two attached hydrogens (primary N) is 1. The molecule has 2 aromatic carbocycles. The Morgan fingerprint density at radius 1 is 1.06 bits per heavy atom. The van der Waals surface area contributed by atoms with Gasteiger partial charge in [-0.2, -0.15) is 10.5 Å². The van der Waals surface area contributed by atoms with Crippen LogP contribution in [0.25, 0.3) is 11.1 Å². The van der Waals surface area contributed by atoms with E-state index in [0.29, 0.717) is 18.7 Å². The summed E-state index contributed by atoms with van der Waals surface area (Å²) in [6.45, 7) is 1.34. The van der Waals surface area contributed by atoms with Gasteiger partial charge in [0, 0.05) is 30.8 Å². The van der Waals surface area contributed by atoms with E-state index < -0.39 is 10.2 Å². The zero-order chi connectivity index (χ0) is 24.9. The van der Waals surface area contributed by atoms with Crippen molar-refractivity contribution in [3.63, 3.8) is 0 Å². The highest BCUT2D eigenvalue weighted by Crippen LogP contribution is 2.42. The second-order valence-electron chi connectivity index (χ2n) is 7.90. The lowest BCUT2D eigenvalue weighted by Crippen LogP contribution is -2.31. The van der Waals surface area contributed by atoms with Crippen molar-refractivity contribution < 1.29 is 9.72 Å². The topological polar surface area (TPSA) is 150 Å². The van der Waals surface area contributed by atoms with E-state index in [1.54, 1.807) is 4.90 Å². The van der Waals surface area contributed by atoms with Gasteiger partial charge in [-0.25, -0.2) is 4.98 Å². The first-order valence-electron chi connectivity index (χ1n) is 10.8. The van der Waals surface area contributed by atoms with Gasteiger partial charge in [-0.1, -0.05) is 42.1 Å². The predicted molar refractivity (Wildman–Crippen MR) is 131 cm³/mol. The van der Waals surface area contributed by atoms with Crippen molar-refractivity contribution in [2.45, 2.75) is 23.1 Å². The fourth-order valence-electron chi connectivity index (χ4n) is 4.03. The van der Waals surface area contributed by atoms with Crippen molar-refractivity contribution in [2.24, 2.45) is 0 Å². The third-order valence-electron chi connectivity index (χ3n) is 5.76. The van der Waals surface area contributed by atoms with Crippen LogP contribution < -0.4 is 5.73 Å². The zero-order valence-corrected chi connectivity index (χ0v) is 19.4. The van der Waals surface area contributed by atoms with Gasteiger partial charge >= 0.3 is 0 Å². The van der Waals surface area contributed by atoms with Crippen LogP contribution in [0.5, 0.6) is 0 Å². The minimum atomic E-state index is -0.661. The van der Waals surface area contributed by atoms with Gasteiger partial charge in [-0.15, -0.1) is 0 Å². The van der Waals surface area contributed by atoms with E-state index >= 15 is 0 Å². The molecule has 1 amide bonds. The Kier molecular flexibility index (Phi) is 6.95. The molecule has 1 aromatic heterocycles. The summed E-state index contributed by atoms with van der Waals surface area (Å²) in [5, 5.41) is 30.5. The van der Waals surface area contributed by atoms with Gasteiger partial charge in [0.2, 0.25) is 5.91 Å². The van der Waals surface area contributed by atoms with Gasteiger partial charge in [0.25, 0.3) is 5.69 Å². The fourth-order valence-corrected chi connectivity index (χ4v) is 5.21. The minimum absolute atomic E-state index is 0.00174. The summed E-state index contributed by atoms with van der Waals surface area (Å²) >= 11 is 1.12. The summed E-state index contributed by atoms with van der Waals surface area (Å²) in [5.74, 6) is -0.160. The van der Waals surface area contributed by atoms with Gasteiger partial charge in [0.15, 0.2) is 0 Å². The number of thioether (sulfide) groups is 1. The molecule has 1 aliphatic heterocycles. The summed E-state index contributed by atoms with van der Waals surface area (Å²) in [6, 6.07) is 18.9. The van der Waals surface area contributed by atoms with Crippen LogP contribution in [0.1, 0.15) is 34.8 Å². The first kappa shape index (κ1) is 23.7. The summed E-state index contributed by atoms with van der Waals surface area (Å²) in [4.78, 5) is 30.1. The number of carbonyl (C=O) groups excluding carboxylic acids is 1. The number of benzene rings is 2. The number of nitriles is 2. The molecule has 0 radical (unpaired) electrons. The summed E-state index contributed by atoms with van der Waals surface area (Å²) in [6.07, 6.45) is 1.88. The molecule has 1 saturated heterocycles. The largest absolute Gasteiger partial charge is 0.383 e. The van der Waals surface area contributed by atoms with Crippen LogP contribution in [-0.2, 0) is 4.79 Å². The van der Waals surface area contributed by atoms with E-state index in [2.05, 4.69) is 11.1 Å². The first-order valence-corrected chi connectivity index (χ1v) is 11.7. The van der Waals surface area contributed by atoms with Crippen molar-refractivity contribution in [3.8, 4) is 23.3 Å². The third kappa shape index (κ3) is 4.79. The molecular formula is C25H20N6O3S. The van der Waals surface area contributed by atoms with Crippen LogP contribution in [0.2, 0.25) is 0 Å². The molecule has 1 unspecified atom stereocenters. The first-order chi connectivity index (χ1) is 16.9. The maximum atomic E-state index is 13.5. The van der Waals surface area contributed by atoms with E-state index in [4.69, 9.17) is 5.73 Å². The average molecular weight is 485 g/mol. The molecule has 35 heavy (non-hydrogen) atoms. The molecule has 4 rings (SSSR count). The normalized spacial score (nSPS) is 13.6. The lowest BCUT2D eigenvalue weighted by molar-refractivity contribution is -0.384. The van der Waals surface area contributed by atoms with Crippen LogP contribution in [0.3, 0.4) is 0 Å². The van der Waals surface area contributed by atoms with Crippen LogP contribution in [0, 0.1) is 32.8 Å². The number of amides is 1. The Balaban J connectivity index is 1.84. The lowest BCUT2D eigenvalue weighted by atomic mass is 9.96. The number of likely N-dealkylation sites (tertiary alicyclic amines) is 1. The standard InChI is InChI=1S/C25H20N6O3S/c26-14-19-21(16-8-10-18(11-9-16)31(33)34)20(15-27)24(29-23(19)28)35-22(17-6-2-1-3-7-17)25(32)30-12-4-5-13-30/h1-3,6-11,22H,4-5,12-13H2,(H2,28,29). The predicted octanol–water partition coefficient (Wildman–Crippen LogP) is 4.44. The molecule has 9 nitrogen and oxygen atoms in total. The smallest absolute Gasteiger partial charge is 0.269 e. The Labute approximate surface area is 206 Å². The number of aromatic nitrogens is 1. The van der Waals surface area contributed by atoms with Crippen molar-refractivity contribution in [1.82, 2.24) is 9.88 Å². The molecule has 2 heterocycles. The van der Waals surface area contributed by atoms with Gasteiger partial charge < -0.3 is 10.6 Å². The molecule has 10 heteroatoms. The Morgan fingerprint density at radius 2 is 1.69 bits per heavy atom. The molecule has 0 saturated carbocycles. The van der Waals surface area contributed by atoms with E-state index in [-0.39, 0.29) is 39.1 Å². The summed E-state index contributed by atoms with van der Waals surface area (Å²) < 4.78 is 0. The second-order valence-corrected chi connectivity index (χ2v) is 8.99. The highest BCUT2D eigenvalue weighted by molar-refractivity contribution is 8.00. The quantitative estimate of drug-likeness (QED) is 0.306. The van der Waals surface area contributed by atoms with Gasteiger partial charge in [0.1, 0.15) is 33.8 Å². The zero-order valence-electron chi connectivity index (χ0n) is 18.5. The summed E-state index contributed by atoms with van der Waals surface area (Å²) in [5.41, 5.74) is 7.51. The summed E-state index contributed by atoms with van der Waals surface area (Å²) in [7, 11) is 0. The third-order valence-corrected chi connectivity index (χ3v) is 6.98. The number of nitro groups is 1. The number of nitrogen functional groups attached to an aromatic ring is 1. The number of carbonyl (C=O) groups is 1. The SMILES string of the molecule is N#Cc1c(N)nc(SC(C(=O)N2CCCC2)c2ccccc2)c(C#N)c1-c1ccc([N+](=O)[O-])cc1. The number of rotatable bonds is 6. The Hall–Kier alpha value is -4.41. The van der Waals surface area contributed by atoms with Gasteiger partial charge in [-0.05, 0) is 36.1 Å². The molecule has 1 fully saturated rings. The monoisotopic (exact) mass is 484 g/mol. The van der Waals surface area contributed by atoms with Crippen LogP contribution in [0.4, 0.5) is 11.5 Å². The van der Waals surface area contributed by atoms with E-state index in [1.807, 2.05) is 36.4 Å². The number of anilines is 1. The molecular weight excluding hydrogens is 464 g/mol. The van der Waals surface area contributed by atoms with E-state index in [9.17, 15) is 25.4 Å². The van der Waals surface area contributed by atoms with Crippen LogP contribution in [-0.4, -0.2) is 33.8 Å². The average Bonchev–Trinajstić information content (AvgIpc) is 3.42. The fraction of sp³-hybridized carbons (Fsp3) is 0.200. The highest BCUT2D eigenvalue weighted by Gasteiger charge is 2.31. The Bertz CT molecular complexity index is 1360. The number of pyridine rings is 1. The Morgan fingerprint density at radius 3 is 2.26 bits per heavy atom. The molecule has 2 N–H and O–H groups in total. The second kappa shape index (κ2) is 10.2. The lowest BCUT2D eigenvalue weighted by Gasteiger charge is -2.24. The van der Waals surface area contributed by atoms with E-state index in [0.717, 1.165) is 30.2 Å². The number of non-ortho nitro benzene ring substituents is 1. The van der Waals surface area contributed by atoms with Crippen LogP contribution in [0.15, 0.2) is 59.6 Å². The van der Waals surface area contributed by atoms with Gasteiger partial charge in [0.05, 0.1) is 10.5 Å². The minimum Gasteiger partial charge on any atom is -0.383 e. The highest BCUT2D eigenvalue weighted by atomic mass is 32.2. The van der Waals surface area contributed by atoms with Crippen molar-refractivity contribution in [3.05, 3.63) is 81.4 Å². The van der Waals surface area contributed by atoms with Gasteiger partial charge in [-0.3, -0.25) is 14.9 Å². The van der Waals surface area contributed by atoms with Crippen molar-refractivity contribution in [1.29, 1.82) is 10.5 Å². The molecule has 0 bridgehead atoms. The molecule has 1 atom stereocenters. The molecule has 0 aliphatic carbocycles. The van der Waals surface area contributed by atoms with E-state index in [1.165, 1.54) is 24.3 Å². The van der Waals surface area contributed by atoms with Crippen molar-refractivity contribution in [2.75, 3.05) is 18.8 Å². The number of hydrogen-bond donors (Lipinski definition) is 1. The number of nitrogens with zero attached hydrogens (tertiary/aromatic N) is 5. The maximum absolute atomic E-state index is 13.5. The maximum Gasteiger partial charge on any atom is 0.269 e. The molecule has 1 aliphatic rings. The number of nitro benzene ring substituents is 1. The molecule has 0 spiro atoms. The van der Waals surface area contributed by atoms with Crippen molar-refractivity contribution >= 4 is 29.2 Å².